The molecule has 92 valence electrons. The van der Waals surface area contributed by atoms with Crippen LogP contribution in [0.3, 0.4) is 0 Å². The first-order valence-electron chi connectivity index (χ1n) is 6.11. The molecule has 4 nitrogen and oxygen atoms in total. The van der Waals surface area contributed by atoms with Crippen molar-refractivity contribution in [3.8, 4) is 0 Å². The van der Waals surface area contributed by atoms with Gasteiger partial charge in [0.25, 0.3) is 0 Å². The second-order valence-corrected chi connectivity index (χ2v) is 4.29. The van der Waals surface area contributed by atoms with Crippen molar-refractivity contribution in [1.82, 2.24) is 5.32 Å². The Kier molecular flexibility index (Phi) is 3.98. The molecule has 4 heteroatoms. The summed E-state index contributed by atoms with van der Waals surface area (Å²) in [4.78, 5) is 13.5. The molecule has 1 heterocycles. The number of hydrogen-bond acceptors (Lipinski definition) is 3. The molecule has 1 aromatic rings. The molecule has 0 bridgehead atoms. The minimum Gasteiger partial charge on any atom is -0.360 e. The molecule has 0 radical (unpaired) electrons. The zero-order valence-electron chi connectivity index (χ0n) is 9.98. The third kappa shape index (κ3) is 2.97. The van der Waals surface area contributed by atoms with Crippen molar-refractivity contribution in [2.75, 3.05) is 31.1 Å². The fourth-order valence-corrected chi connectivity index (χ4v) is 2.17. The van der Waals surface area contributed by atoms with Gasteiger partial charge in [0.05, 0.1) is 6.54 Å². The predicted molar refractivity (Wildman–Crippen MR) is 69.0 cm³/mol. The highest BCUT2D eigenvalue weighted by Crippen LogP contribution is 2.22. The van der Waals surface area contributed by atoms with Gasteiger partial charge in [-0.1, -0.05) is 18.2 Å². The molecule has 1 saturated heterocycles. The molecule has 1 aliphatic heterocycles. The summed E-state index contributed by atoms with van der Waals surface area (Å²) < 4.78 is 0. The summed E-state index contributed by atoms with van der Waals surface area (Å²) in [6.45, 7) is 2.77. The van der Waals surface area contributed by atoms with E-state index in [1.165, 1.54) is 11.3 Å². The van der Waals surface area contributed by atoms with Gasteiger partial charge >= 0.3 is 0 Å². The minimum absolute atomic E-state index is 0.102. The third-order valence-electron chi connectivity index (χ3n) is 3.02. The van der Waals surface area contributed by atoms with E-state index in [1.807, 2.05) is 12.1 Å². The first-order chi connectivity index (χ1) is 8.31. The van der Waals surface area contributed by atoms with Gasteiger partial charge in [0.1, 0.15) is 0 Å². The maximum atomic E-state index is 11.4. The first kappa shape index (κ1) is 11.9. The molecule has 0 aliphatic carbocycles. The number of carbonyl (C=O) groups excluding carboxylic acids is 1. The number of carbonyl (C=O) groups is 1. The molecule has 0 saturated carbocycles. The molecular weight excluding hydrogens is 214 g/mol. The molecule has 1 amide bonds. The number of nitrogens with one attached hydrogen (secondary N) is 1. The van der Waals surface area contributed by atoms with Crippen molar-refractivity contribution in [3.05, 3.63) is 29.8 Å². The molecule has 1 aromatic carbocycles. The van der Waals surface area contributed by atoms with Gasteiger partial charge in [0.15, 0.2) is 0 Å². The molecule has 0 unspecified atom stereocenters. The number of piperazine rings is 1. The molecule has 0 spiro atoms. The third-order valence-corrected chi connectivity index (χ3v) is 3.02. The van der Waals surface area contributed by atoms with Crippen molar-refractivity contribution in [2.45, 2.75) is 12.8 Å². The lowest BCUT2D eigenvalue weighted by Gasteiger charge is -2.30. The van der Waals surface area contributed by atoms with Crippen LogP contribution in [0, 0.1) is 0 Å². The van der Waals surface area contributed by atoms with Crippen molar-refractivity contribution < 1.29 is 4.79 Å². The zero-order chi connectivity index (χ0) is 12.1. The molecule has 2 rings (SSSR count). The van der Waals surface area contributed by atoms with Gasteiger partial charge in [0, 0.05) is 18.8 Å². The van der Waals surface area contributed by atoms with E-state index in [-0.39, 0.29) is 5.91 Å². The van der Waals surface area contributed by atoms with E-state index in [0.717, 1.165) is 25.9 Å². The van der Waals surface area contributed by atoms with Crippen molar-refractivity contribution >= 4 is 11.6 Å². The smallest absolute Gasteiger partial charge is 0.239 e. The van der Waals surface area contributed by atoms with E-state index in [4.69, 9.17) is 5.73 Å². The second kappa shape index (κ2) is 5.68. The predicted octanol–water partition coefficient (Wildman–Crippen LogP) is 0.514. The molecular formula is C13H19N3O. The van der Waals surface area contributed by atoms with Crippen molar-refractivity contribution in [3.63, 3.8) is 0 Å². The average molecular weight is 233 g/mol. The Morgan fingerprint density at radius 1 is 1.35 bits per heavy atom. The summed E-state index contributed by atoms with van der Waals surface area (Å²) in [5, 5.41) is 2.84. The Hall–Kier alpha value is -1.55. The van der Waals surface area contributed by atoms with Crippen molar-refractivity contribution in [1.29, 1.82) is 0 Å². The van der Waals surface area contributed by atoms with Gasteiger partial charge in [-0.3, -0.25) is 4.79 Å². The Labute approximate surface area is 102 Å². The highest BCUT2D eigenvalue weighted by molar-refractivity contribution is 5.83. The number of anilines is 1. The molecule has 1 aliphatic rings. The van der Waals surface area contributed by atoms with E-state index in [2.05, 4.69) is 22.3 Å². The van der Waals surface area contributed by atoms with E-state index in [9.17, 15) is 4.79 Å². The fraction of sp³-hybridized carbons (Fsp3) is 0.462. The number of hydrogen-bond donors (Lipinski definition) is 2. The van der Waals surface area contributed by atoms with Gasteiger partial charge in [-0.15, -0.1) is 0 Å². The van der Waals surface area contributed by atoms with E-state index < -0.39 is 0 Å². The fourth-order valence-electron chi connectivity index (χ4n) is 2.17. The Bertz CT molecular complexity index is 392. The summed E-state index contributed by atoms with van der Waals surface area (Å²) in [5.41, 5.74) is 8.01. The molecule has 3 N–H and O–H groups in total. The van der Waals surface area contributed by atoms with Crippen molar-refractivity contribution in [2.24, 2.45) is 5.73 Å². The first-order valence-corrected chi connectivity index (χ1v) is 6.11. The van der Waals surface area contributed by atoms with Crippen LogP contribution < -0.4 is 16.0 Å². The zero-order valence-corrected chi connectivity index (χ0v) is 9.98. The lowest BCUT2D eigenvalue weighted by Crippen LogP contribution is -2.48. The van der Waals surface area contributed by atoms with Crippen LogP contribution in [0.2, 0.25) is 0 Å². The molecule has 1 fully saturated rings. The Balaban J connectivity index is 2.15. The van der Waals surface area contributed by atoms with Gasteiger partial charge in [-0.05, 0) is 31.0 Å². The number of rotatable bonds is 4. The van der Waals surface area contributed by atoms with Gasteiger partial charge < -0.3 is 16.0 Å². The molecule has 0 atom stereocenters. The Morgan fingerprint density at radius 3 is 2.94 bits per heavy atom. The highest BCUT2D eigenvalue weighted by Gasteiger charge is 2.18. The summed E-state index contributed by atoms with van der Waals surface area (Å²) >= 11 is 0. The lowest BCUT2D eigenvalue weighted by atomic mass is 10.1. The van der Waals surface area contributed by atoms with Crippen LogP contribution >= 0.6 is 0 Å². The van der Waals surface area contributed by atoms with Crippen LogP contribution in [0.15, 0.2) is 24.3 Å². The van der Waals surface area contributed by atoms with Gasteiger partial charge in [-0.2, -0.15) is 0 Å². The monoisotopic (exact) mass is 233 g/mol. The summed E-state index contributed by atoms with van der Waals surface area (Å²) in [5.74, 6) is 0.102. The van der Waals surface area contributed by atoms with Crippen LogP contribution in [0.5, 0.6) is 0 Å². The van der Waals surface area contributed by atoms with Crippen LogP contribution in [-0.2, 0) is 11.2 Å². The summed E-state index contributed by atoms with van der Waals surface area (Å²) in [7, 11) is 0. The molecule has 17 heavy (non-hydrogen) atoms. The van der Waals surface area contributed by atoms with Crippen LogP contribution in [0.1, 0.15) is 12.0 Å². The average Bonchev–Trinajstić information content (AvgIpc) is 2.37. The quantitative estimate of drug-likeness (QED) is 0.797. The lowest BCUT2D eigenvalue weighted by molar-refractivity contribution is -0.120. The number of benzene rings is 1. The van der Waals surface area contributed by atoms with Crippen LogP contribution in [-0.4, -0.2) is 32.1 Å². The number of nitrogens with two attached hydrogens (primary N) is 1. The second-order valence-electron chi connectivity index (χ2n) is 4.29. The van der Waals surface area contributed by atoms with E-state index >= 15 is 0 Å². The van der Waals surface area contributed by atoms with Crippen LogP contribution in [0.4, 0.5) is 5.69 Å². The Morgan fingerprint density at radius 2 is 2.18 bits per heavy atom. The van der Waals surface area contributed by atoms with Gasteiger partial charge in [0.2, 0.25) is 5.91 Å². The normalized spacial score (nSPS) is 15.8. The van der Waals surface area contributed by atoms with E-state index in [1.54, 1.807) is 0 Å². The number of nitrogens with zero attached hydrogens (tertiary/aromatic N) is 1. The maximum Gasteiger partial charge on any atom is 0.239 e. The highest BCUT2D eigenvalue weighted by atomic mass is 16.2. The van der Waals surface area contributed by atoms with E-state index in [0.29, 0.717) is 13.1 Å². The number of aryl methyl sites for hydroxylation is 1. The topological polar surface area (TPSA) is 58.4 Å². The largest absolute Gasteiger partial charge is 0.360 e. The molecule has 0 aromatic heterocycles. The van der Waals surface area contributed by atoms with Crippen LogP contribution in [0.25, 0.3) is 0 Å². The number of para-hydroxylation sites is 1. The van der Waals surface area contributed by atoms with Gasteiger partial charge in [-0.25, -0.2) is 0 Å². The SMILES string of the molecule is NCCCc1ccccc1N1CCNC(=O)C1. The minimum atomic E-state index is 0.102. The number of amides is 1. The summed E-state index contributed by atoms with van der Waals surface area (Å²) in [6, 6.07) is 8.27. The summed E-state index contributed by atoms with van der Waals surface area (Å²) in [6.07, 6.45) is 1.96. The maximum absolute atomic E-state index is 11.4. The standard InChI is InChI=1S/C13H19N3O/c14-7-3-5-11-4-1-2-6-12(11)16-9-8-15-13(17)10-16/h1-2,4,6H,3,5,7-10,14H2,(H,15,17).